The largest absolute Gasteiger partial charge is 0.352 e. The zero-order chi connectivity index (χ0) is 12.0. The van der Waals surface area contributed by atoms with Crippen LogP contribution < -0.4 is 5.32 Å². The van der Waals surface area contributed by atoms with Gasteiger partial charge in [-0.2, -0.15) is 0 Å². The highest BCUT2D eigenvalue weighted by atomic mass is 16.6. The Morgan fingerprint density at radius 3 is 2.81 bits per heavy atom. The zero-order valence-corrected chi connectivity index (χ0v) is 8.68. The van der Waals surface area contributed by atoms with Crippen LogP contribution in [0.25, 0.3) is 0 Å². The highest BCUT2D eigenvalue weighted by molar-refractivity contribution is 5.79. The third kappa shape index (κ3) is 3.20. The molecule has 0 aliphatic heterocycles. The van der Waals surface area contributed by atoms with Gasteiger partial charge in [0.05, 0.1) is 11.3 Å². The van der Waals surface area contributed by atoms with Gasteiger partial charge in [0.15, 0.2) is 0 Å². The van der Waals surface area contributed by atoms with Crippen molar-refractivity contribution in [1.29, 1.82) is 0 Å². The molecule has 0 unspecified atom stereocenters. The lowest BCUT2D eigenvalue weighted by molar-refractivity contribution is -0.385. The molecule has 1 N–H and O–H groups in total. The standard InChI is InChI=1S/C11H12N2O3/c1-2-7-12-11(14)8-9-5-3-4-6-10(9)13(15)16/h2-6H,1,7-8H2,(H,12,14). The molecule has 1 aromatic rings. The minimum atomic E-state index is -0.490. The first kappa shape index (κ1) is 11.9. The van der Waals surface area contributed by atoms with Crippen molar-refractivity contribution in [3.63, 3.8) is 0 Å². The number of rotatable bonds is 5. The van der Waals surface area contributed by atoms with E-state index in [1.165, 1.54) is 6.07 Å². The lowest BCUT2D eigenvalue weighted by atomic mass is 10.1. The van der Waals surface area contributed by atoms with Crippen molar-refractivity contribution in [1.82, 2.24) is 5.32 Å². The molecule has 0 heterocycles. The van der Waals surface area contributed by atoms with E-state index in [9.17, 15) is 14.9 Å². The minimum absolute atomic E-state index is 0.00495. The van der Waals surface area contributed by atoms with Crippen molar-refractivity contribution in [2.75, 3.05) is 6.54 Å². The number of nitro benzene ring substituents is 1. The van der Waals surface area contributed by atoms with E-state index >= 15 is 0 Å². The van der Waals surface area contributed by atoms with Crippen LogP contribution in [0.4, 0.5) is 5.69 Å². The van der Waals surface area contributed by atoms with Crippen molar-refractivity contribution >= 4 is 11.6 Å². The summed E-state index contributed by atoms with van der Waals surface area (Å²) in [5.41, 5.74) is 0.380. The summed E-state index contributed by atoms with van der Waals surface area (Å²) in [5, 5.41) is 13.2. The molecule has 0 saturated heterocycles. The molecule has 84 valence electrons. The fourth-order valence-electron chi connectivity index (χ4n) is 1.26. The molecule has 0 bridgehead atoms. The van der Waals surface area contributed by atoms with Crippen molar-refractivity contribution in [3.05, 3.63) is 52.6 Å². The number of nitrogens with zero attached hydrogens (tertiary/aromatic N) is 1. The molecule has 1 aromatic carbocycles. The summed E-state index contributed by atoms with van der Waals surface area (Å²) >= 11 is 0. The fraction of sp³-hybridized carbons (Fsp3) is 0.182. The Morgan fingerprint density at radius 2 is 2.19 bits per heavy atom. The monoisotopic (exact) mass is 220 g/mol. The van der Waals surface area contributed by atoms with Crippen LogP contribution in [0.1, 0.15) is 5.56 Å². The second-order valence-corrected chi connectivity index (χ2v) is 3.16. The Bertz CT molecular complexity index is 415. The van der Waals surface area contributed by atoms with Crippen molar-refractivity contribution in [2.24, 2.45) is 0 Å². The maximum Gasteiger partial charge on any atom is 0.273 e. The number of nitrogens with one attached hydrogen (secondary N) is 1. The molecule has 0 aromatic heterocycles. The quantitative estimate of drug-likeness (QED) is 0.463. The topological polar surface area (TPSA) is 72.2 Å². The van der Waals surface area contributed by atoms with Crippen LogP contribution in [0.3, 0.4) is 0 Å². The van der Waals surface area contributed by atoms with Crippen LogP contribution in [0.2, 0.25) is 0 Å². The Hall–Kier alpha value is -2.17. The van der Waals surface area contributed by atoms with Gasteiger partial charge >= 0.3 is 0 Å². The van der Waals surface area contributed by atoms with E-state index in [4.69, 9.17) is 0 Å². The highest BCUT2D eigenvalue weighted by Gasteiger charge is 2.14. The van der Waals surface area contributed by atoms with Gasteiger partial charge < -0.3 is 5.32 Å². The van der Waals surface area contributed by atoms with Gasteiger partial charge in [-0.15, -0.1) is 6.58 Å². The molecule has 0 radical (unpaired) electrons. The molecular weight excluding hydrogens is 208 g/mol. The first-order chi connectivity index (χ1) is 7.65. The van der Waals surface area contributed by atoms with Crippen LogP contribution in [-0.2, 0) is 11.2 Å². The second-order valence-electron chi connectivity index (χ2n) is 3.16. The molecule has 16 heavy (non-hydrogen) atoms. The fourth-order valence-corrected chi connectivity index (χ4v) is 1.26. The van der Waals surface area contributed by atoms with E-state index in [0.717, 1.165) is 0 Å². The highest BCUT2D eigenvalue weighted by Crippen LogP contribution is 2.17. The predicted molar refractivity (Wildman–Crippen MR) is 60.0 cm³/mol. The van der Waals surface area contributed by atoms with E-state index in [2.05, 4.69) is 11.9 Å². The summed E-state index contributed by atoms with van der Waals surface area (Å²) in [6.07, 6.45) is 1.56. The van der Waals surface area contributed by atoms with Crippen LogP contribution in [0, 0.1) is 10.1 Å². The SMILES string of the molecule is C=CCNC(=O)Cc1ccccc1[N+](=O)[O-]. The van der Waals surface area contributed by atoms with Gasteiger partial charge in [-0.3, -0.25) is 14.9 Å². The number of hydrogen-bond donors (Lipinski definition) is 1. The number of para-hydroxylation sites is 1. The molecule has 0 fully saturated rings. The Labute approximate surface area is 92.9 Å². The number of carbonyl (C=O) groups is 1. The van der Waals surface area contributed by atoms with E-state index in [1.807, 2.05) is 0 Å². The maximum absolute atomic E-state index is 11.4. The summed E-state index contributed by atoms with van der Waals surface area (Å²) in [4.78, 5) is 21.5. The summed E-state index contributed by atoms with van der Waals surface area (Å²) in [5.74, 6) is -0.255. The Kier molecular flexibility index (Phi) is 4.20. The Morgan fingerprint density at radius 1 is 1.50 bits per heavy atom. The van der Waals surface area contributed by atoms with E-state index in [-0.39, 0.29) is 18.0 Å². The number of carbonyl (C=O) groups excluding carboxylic acids is 1. The first-order valence-electron chi connectivity index (χ1n) is 4.75. The summed E-state index contributed by atoms with van der Waals surface area (Å²) in [7, 11) is 0. The molecule has 1 amide bonds. The summed E-state index contributed by atoms with van der Waals surface area (Å²) < 4.78 is 0. The minimum Gasteiger partial charge on any atom is -0.352 e. The average Bonchev–Trinajstić information content (AvgIpc) is 2.27. The van der Waals surface area contributed by atoms with Crippen LogP contribution in [-0.4, -0.2) is 17.4 Å². The van der Waals surface area contributed by atoms with Crippen LogP contribution in [0.5, 0.6) is 0 Å². The molecule has 0 aliphatic carbocycles. The average molecular weight is 220 g/mol. The molecule has 0 aliphatic rings. The van der Waals surface area contributed by atoms with Gasteiger partial charge in [0.1, 0.15) is 0 Å². The zero-order valence-electron chi connectivity index (χ0n) is 8.68. The lowest BCUT2D eigenvalue weighted by Crippen LogP contribution is -2.25. The third-order valence-corrected chi connectivity index (χ3v) is 1.98. The summed E-state index contributed by atoms with van der Waals surface area (Å²) in [6.45, 7) is 3.82. The smallest absolute Gasteiger partial charge is 0.273 e. The van der Waals surface area contributed by atoms with Crippen LogP contribution >= 0.6 is 0 Å². The molecule has 5 nitrogen and oxygen atoms in total. The lowest BCUT2D eigenvalue weighted by Gasteiger charge is -2.03. The Balaban J connectivity index is 2.76. The van der Waals surface area contributed by atoms with E-state index in [0.29, 0.717) is 12.1 Å². The van der Waals surface area contributed by atoms with Gasteiger partial charge in [0, 0.05) is 18.2 Å². The van der Waals surface area contributed by atoms with Gasteiger partial charge in [0.2, 0.25) is 5.91 Å². The molecule has 1 rings (SSSR count). The van der Waals surface area contributed by atoms with Crippen molar-refractivity contribution in [3.8, 4) is 0 Å². The van der Waals surface area contributed by atoms with Gasteiger partial charge in [-0.05, 0) is 0 Å². The molecule has 0 spiro atoms. The van der Waals surface area contributed by atoms with Gasteiger partial charge in [-0.1, -0.05) is 24.3 Å². The summed E-state index contributed by atoms with van der Waals surface area (Å²) in [6, 6.07) is 6.20. The van der Waals surface area contributed by atoms with E-state index < -0.39 is 4.92 Å². The van der Waals surface area contributed by atoms with Gasteiger partial charge in [-0.25, -0.2) is 0 Å². The first-order valence-corrected chi connectivity index (χ1v) is 4.75. The van der Waals surface area contributed by atoms with Crippen molar-refractivity contribution in [2.45, 2.75) is 6.42 Å². The molecular formula is C11H12N2O3. The number of benzene rings is 1. The maximum atomic E-state index is 11.4. The molecule has 0 atom stereocenters. The normalized spacial score (nSPS) is 9.50. The van der Waals surface area contributed by atoms with E-state index in [1.54, 1.807) is 24.3 Å². The number of amides is 1. The molecule has 5 heteroatoms. The van der Waals surface area contributed by atoms with Crippen LogP contribution in [0.15, 0.2) is 36.9 Å². The predicted octanol–water partition coefficient (Wildman–Crippen LogP) is 1.44. The van der Waals surface area contributed by atoms with Gasteiger partial charge in [0.25, 0.3) is 5.69 Å². The third-order valence-electron chi connectivity index (χ3n) is 1.98. The number of hydrogen-bond acceptors (Lipinski definition) is 3. The van der Waals surface area contributed by atoms with Crippen molar-refractivity contribution < 1.29 is 9.72 Å². The molecule has 0 saturated carbocycles. The number of nitro groups is 1. The second kappa shape index (κ2) is 5.65.